The van der Waals surface area contributed by atoms with E-state index < -0.39 is 0 Å². The third-order valence-electron chi connectivity index (χ3n) is 3.51. The van der Waals surface area contributed by atoms with Crippen LogP contribution in [-0.4, -0.2) is 12.9 Å². The lowest BCUT2D eigenvalue weighted by Gasteiger charge is -2.05. The van der Waals surface area contributed by atoms with Crippen LogP contribution in [0.5, 0.6) is 5.75 Å². The molecule has 2 aromatic carbocycles. The Morgan fingerprint density at radius 2 is 1.52 bits per heavy atom. The second kappa shape index (κ2) is 8.14. The number of rotatable bonds is 6. The lowest BCUT2D eigenvalue weighted by Crippen LogP contribution is -1.93. The van der Waals surface area contributed by atoms with Gasteiger partial charge in [-0.3, -0.25) is 4.79 Å². The van der Waals surface area contributed by atoms with Gasteiger partial charge in [-0.1, -0.05) is 48.0 Å². The van der Waals surface area contributed by atoms with Crippen LogP contribution in [0.3, 0.4) is 0 Å². The number of aldehydes is 1. The summed E-state index contributed by atoms with van der Waals surface area (Å²) >= 11 is 0. The predicted octanol–water partition coefficient (Wildman–Crippen LogP) is 5.40. The molecule has 23 heavy (non-hydrogen) atoms. The van der Waals surface area contributed by atoms with Gasteiger partial charge >= 0.3 is 0 Å². The molecule has 0 aliphatic carbocycles. The van der Waals surface area contributed by atoms with Crippen molar-refractivity contribution in [1.82, 2.24) is 0 Å². The molecule has 2 aromatic rings. The second-order valence-electron chi connectivity index (χ2n) is 5.73. The molecule has 0 heterocycles. The number of ether oxygens (including phenoxy) is 1. The van der Waals surface area contributed by atoms with Gasteiger partial charge in [-0.2, -0.15) is 0 Å². The molecule has 2 heteroatoms. The molecule has 0 unspecified atom stereocenters. The summed E-state index contributed by atoms with van der Waals surface area (Å²) in [6, 6.07) is 15.6. The van der Waals surface area contributed by atoms with Crippen molar-refractivity contribution in [3.63, 3.8) is 0 Å². The molecule has 2 rings (SSSR count). The molecule has 0 radical (unpaired) electrons. The molecular weight excluding hydrogens is 284 g/mol. The molecule has 0 aliphatic rings. The lowest BCUT2D eigenvalue weighted by atomic mass is 10.0. The van der Waals surface area contributed by atoms with E-state index in [4.69, 9.17) is 4.74 Å². The van der Waals surface area contributed by atoms with Crippen LogP contribution in [-0.2, 0) is 0 Å². The smallest absolute Gasteiger partial charge is 0.150 e. The van der Waals surface area contributed by atoms with Crippen molar-refractivity contribution < 1.29 is 9.53 Å². The Hall–Kier alpha value is -2.61. The minimum atomic E-state index is 0.597. The van der Waals surface area contributed by atoms with E-state index in [0.717, 1.165) is 28.7 Å². The van der Waals surface area contributed by atoms with E-state index in [2.05, 4.69) is 32.9 Å². The minimum absolute atomic E-state index is 0.597. The summed E-state index contributed by atoms with van der Waals surface area (Å²) in [4.78, 5) is 10.7. The monoisotopic (exact) mass is 306 g/mol. The van der Waals surface area contributed by atoms with E-state index in [-0.39, 0.29) is 0 Å². The molecule has 0 fully saturated rings. The first kappa shape index (κ1) is 16.8. The molecular formula is C21H22O2. The molecule has 0 bridgehead atoms. The SMILES string of the molecule is CC(C)=CCOc1ccc(C=C(C)c2ccc(C=O)cc2)cc1. The highest BCUT2D eigenvalue weighted by Crippen LogP contribution is 2.20. The minimum Gasteiger partial charge on any atom is -0.490 e. The van der Waals surface area contributed by atoms with E-state index in [1.54, 1.807) is 0 Å². The Balaban J connectivity index is 2.06. The zero-order valence-electron chi connectivity index (χ0n) is 13.9. The summed E-state index contributed by atoms with van der Waals surface area (Å²) in [7, 11) is 0. The molecule has 0 saturated carbocycles. The maximum absolute atomic E-state index is 10.7. The Bertz CT molecular complexity index is 701. The average molecular weight is 306 g/mol. The third-order valence-corrected chi connectivity index (χ3v) is 3.51. The van der Waals surface area contributed by atoms with E-state index in [9.17, 15) is 4.79 Å². The average Bonchev–Trinajstić information content (AvgIpc) is 2.56. The molecule has 0 atom stereocenters. The number of allylic oxidation sites excluding steroid dienone is 2. The normalized spacial score (nSPS) is 11.0. The number of hydrogen-bond donors (Lipinski definition) is 0. The molecule has 0 aliphatic heterocycles. The van der Waals surface area contributed by atoms with Crippen LogP contribution < -0.4 is 4.74 Å². The van der Waals surface area contributed by atoms with Crippen LogP contribution in [0.25, 0.3) is 11.6 Å². The van der Waals surface area contributed by atoms with Crippen molar-refractivity contribution in [2.45, 2.75) is 20.8 Å². The zero-order chi connectivity index (χ0) is 16.7. The topological polar surface area (TPSA) is 26.3 Å². The zero-order valence-corrected chi connectivity index (χ0v) is 13.9. The van der Waals surface area contributed by atoms with Crippen molar-refractivity contribution in [3.05, 3.63) is 76.9 Å². The van der Waals surface area contributed by atoms with E-state index in [0.29, 0.717) is 12.2 Å². The maximum atomic E-state index is 10.7. The van der Waals surface area contributed by atoms with Crippen LogP contribution in [0, 0.1) is 0 Å². The predicted molar refractivity (Wildman–Crippen MR) is 96.7 cm³/mol. The highest BCUT2D eigenvalue weighted by atomic mass is 16.5. The van der Waals surface area contributed by atoms with E-state index in [1.807, 2.05) is 48.5 Å². The first-order valence-electron chi connectivity index (χ1n) is 7.68. The first-order chi connectivity index (χ1) is 11.1. The molecule has 2 nitrogen and oxygen atoms in total. The first-order valence-corrected chi connectivity index (χ1v) is 7.68. The molecule has 0 saturated heterocycles. The van der Waals surface area contributed by atoms with Crippen LogP contribution >= 0.6 is 0 Å². The fraction of sp³-hybridized carbons (Fsp3) is 0.190. The quantitative estimate of drug-likeness (QED) is 0.405. The van der Waals surface area contributed by atoms with Gasteiger partial charge in [0.2, 0.25) is 0 Å². The molecule has 0 amide bonds. The summed E-state index contributed by atoms with van der Waals surface area (Å²) < 4.78 is 5.66. The molecule has 0 N–H and O–H groups in total. The van der Waals surface area contributed by atoms with Gasteiger partial charge in [0.05, 0.1) is 0 Å². The van der Waals surface area contributed by atoms with E-state index in [1.165, 1.54) is 5.57 Å². The van der Waals surface area contributed by atoms with E-state index >= 15 is 0 Å². The van der Waals surface area contributed by atoms with Crippen molar-refractivity contribution in [2.75, 3.05) is 6.61 Å². The fourth-order valence-electron chi connectivity index (χ4n) is 2.12. The molecule has 118 valence electrons. The number of carbonyl (C=O) groups excluding carboxylic acids is 1. The summed E-state index contributed by atoms with van der Waals surface area (Å²) in [5, 5.41) is 0. The maximum Gasteiger partial charge on any atom is 0.150 e. The Kier molecular flexibility index (Phi) is 5.93. The number of hydrogen-bond acceptors (Lipinski definition) is 2. The van der Waals surface area contributed by atoms with Crippen molar-refractivity contribution in [3.8, 4) is 5.75 Å². The highest BCUT2D eigenvalue weighted by Gasteiger charge is 1.98. The van der Waals surface area contributed by atoms with Crippen LogP contribution in [0.15, 0.2) is 60.2 Å². The summed E-state index contributed by atoms with van der Waals surface area (Å²) in [5.41, 5.74) is 5.33. The van der Waals surface area contributed by atoms with Gasteiger partial charge in [-0.05, 0) is 55.7 Å². The van der Waals surface area contributed by atoms with Crippen molar-refractivity contribution in [1.29, 1.82) is 0 Å². The summed E-state index contributed by atoms with van der Waals surface area (Å²) in [6.07, 6.45) is 5.04. The molecule has 0 spiro atoms. The lowest BCUT2D eigenvalue weighted by molar-refractivity contribution is 0.112. The largest absolute Gasteiger partial charge is 0.490 e. The number of carbonyl (C=O) groups is 1. The molecule has 0 aromatic heterocycles. The van der Waals surface area contributed by atoms with Gasteiger partial charge in [0, 0.05) is 5.56 Å². The highest BCUT2D eigenvalue weighted by molar-refractivity contribution is 5.82. The Labute approximate surface area is 138 Å². The van der Waals surface area contributed by atoms with Crippen LogP contribution in [0.1, 0.15) is 42.3 Å². The van der Waals surface area contributed by atoms with Crippen LogP contribution in [0.2, 0.25) is 0 Å². The van der Waals surface area contributed by atoms with Crippen molar-refractivity contribution >= 4 is 17.9 Å². The van der Waals surface area contributed by atoms with Gasteiger partial charge in [0.1, 0.15) is 18.6 Å². The van der Waals surface area contributed by atoms with Gasteiger partial charge in [0.15, 0.2) is 0 Å². The van der Waals surface area contributed by atoms with Gasteiger partial charge in [0.25, 0.3) is 0 Å². The Morgan fingerprint density at radius 3 is 2.09 bits per heavy atom. The number of benzene rings is 2. The van der Waals surface area contributed by atoms with Gasteiger partial charge in [-0.15, -0.1) is 0 Å². The third kappa shape index (κ3) is 5.26. The fourth-order valence-corrected chi connectivity index (χ4v) is 2.12. The van der Waals surface area contributed by atoms with Crippen LogP contribution in [0.4, 0.5) is 0 Å². The second-order valence-corrected chi connectivity index (χ2v) is 5.73. The van der Waals surface area contributed by atoms with Crippen molar-refractivity contribution in [2.24, 2.45) is 0 Å². The standard InChI is InChI=1S/C21H22O2/c1-16(2)12-13-23-21-10-6-18(7-11-21)14-17(3)20-8-4-19(15-22)5-9-20/h4-12,14-15H,13H2,1-3H3. The summed E-state index contributed by atoms with van der Waals surface area (Å²) in [5.74, 6) is 0.868. The Morgan fingerprint density at radius 1 is 0.913 bits per heavy atom. The summed E-state index contributed by atoms with van der Waals surface area (Å²) in [6.45, 7) is 6.78. The van der Waals surface area contributed by atoms with Gasteiger partial charge < -0.3 is 4.74 Å². The van der Waals surface area contributed by atoms with Gasteiger partial charge in [-0.25, -0.2) is 0 Å².